The average Bonchev–Trinajstić information content (AvgIpc) is 3.25. The molecule has 0 saturated carbocycles. The number of imidazole rings is 1. The Morgan fingerprint density at radius 2 is 1.77 bits per heavy atom. The van der Waals surface area contributed by atoms with Crippen molar-refractivity contribution in [2.45, 2.75) is 65.5 Å². The molecule has 0 aliphatic carbocycles. The third-order valence-electron chi connectivity index (χ3n) is 5.57. The molecule has 8 nitrogen and oxygen atoms in total. The molecule has 4 heterocycles. The topological polar surface area (TPSA) is 87.6 Å². The van der Waals surface area contributed by atoms with E-state index >= 15 is 0 Å². The lowest BCUT2D eigenvalue weighted by atomic mass is 10.1. The molecule has 0 aromatic carbocycles. The number of hydrogen-bond acceptors (Lipinski definition) is 6. The summed E-state index contributed by atoms with van der Waals surface area (Å²) in [4.78, 5) is 18.8. The van der Waals surface area contributed by atoms with Crippen molar-refractivity contribution in [3.63, 3.8) is 0 Å². The smallest absolute Gasteiger partial charge is 0.475 e. The van der Waals surface area contributed by atoms with Gasteiger partial charge in [0.2, 0.25) is 0 Å². The van der Waals surface area contributed by atoms with Crippen LogP contribution in [-0.4, -0.2) is 61.4 Å². The minimum atomic E-state index is -5.08. The molecule has 172 valence electrons. The number of carbonyl (C=O) groups is 1. The van der Waals surface area contributed by atoms with E-state index in [1.54, 1.807) is 0 Å². The highest BCUT2D eigenvalue weighted by Gasteiger charge is 2.38. The average molecular weight is 443 g/mol. The molecule has 1 fully saturated rings. The molecule has 0 radical (unpaired) electrons. The summed E-state index contributed by atoms with van der Waals surface area (Å²) in [7, 11) is 0. The second kappa shape index (κ2) is 9.82. The maximum atomic E-state index is 10.6. The van der Waals surface area contributed by atoms with E-state index in [1.165, 1.54) is 49.4 Å². The summed E-state index contributed by atoms with van der Waals surface area (Å²) >= 11 is 0. The molecule has 0 bridgehead atoms. The van der Waals surface area contributed by atoms with Crippen molar-refractivity contribution in [2.24, 2.45) is 0 Å². The molecular weight excluding hydrogens is 415 g/mol. The Balaban J connectivity index is 0.000000339. The predicted molar refractivity (Wildman–Crippen MR) is 105 cm³/mol. The third-order valence-corrected chi connectivity index (χ3v) is 5.57. The van der Waals surface area contributed by atoms with Crippen molar-refractivity contribution < 1.29 is 27.6 Å². The number of hydrogen-bond donors (Lipinski definition) is 1. The summed E-state index contributed by atoms with van der Waals surface area (Å²) in [5.41, 5.74) is 3.46. The molecule has 4 rings (SSSR count). The summed E-state index contributed by atoms with van der Waals surface area (Å²) in [6.45, 7) is 11.3. The van der Waals surface area contributed by atoms with Gasteiger partial charge in [-0.1, -0.05) is 11.6 Å². The van der Waals surface area contributed by atoms with Gasteiger partial charge in [0.05, 0.1) is 17.9 Å². The summed E-state index contributed by atoms with van der Waals surface area (Å²) in [5.74, 6) is -0.625. The molecule has 1 saturated heterocycles. The number of aromatic nitrogens is 3. The number of aryl methyl sites for hydroxylation is 2. The van der Waals surface area contributed by atoms with Crippen LogP contribution in [0.5, 0.6) is 0 Å². The highest BCUT2D eigenvalue weighted by atomic mass is 19.4. The van der Waals surface area contributed by atoms with Gasteiger partial charge < -0.3 is 14.2 Å². The highest BCUT2D eigenvalue weighted by molar-refractivity contribution is 5.73. The van der Waals surface area contributed by atoms with E-state index < -0.39 is 12.1 Å². The fourth-order valence-corrected chi connectivity index (χ4v) is 3.87. The first kappa shape index (κ1) is 23.3. The Morgan fingerprint density at radius 3 is 2.35 bits per heavy atom. The van der Waals surface area contributed by atoms with Gasteiger partial charge in [-0.2, -0.15) is 13.2 Å². The first-order chi connectivity index (χ1) is 14.6. The van der Waals surface area contributed by atoms with Crippen molar-refractivity contribution in [1.29, 1.82) is 0 Å². The Kier molecular flexibility index (Phi) is 7.37. The molecule has 0 amide bonds. The quantitative estimate of drug-likeness (QED) is 0.777. The number of fused-ring (bicyclic) bond motifs is 1. The number of carboxylic acids is 1. The predicted octanol–water partition coefficient (Wildman–Crippen LogP) is 3.12. The van der Waals surface area contributed by atoms with Crippen LogP contribution >= 0.6 is 0 Å². The normalized spacial score (nSPS) is 17.7. The number of rotatable bonds is 4. The van der Waals surface area contributed by atoms with E-state index in [1.807, 2.05) is 13.8 Å². The standard InChI is InChI=1S/C18H27N5O.C2HF3O2/c1-14-17(15(2)24-20-14)12-22-8-9-23-11-16(19-18(23)13-22)10-21-6-4-3-5-7-21;3-2(4,5)1(6)7/h11H,3-10,12-13H2,1-2H3;(H,6,7). The molecular formula is C20H28F3N5O3. The number of aliphatic carboxylic acids is 1. The zero-order valence-corrected chi connectivity index (χ0v) is 17.8. The lowest BCUT2D eigenvalue weighted by molar-refractivity contribution is -0.192. The first-order valence-corrected chi connectivity index (χ1v) is 10.3. The zero-order valence-electron chi connectivity index (χ0n) is 17.8. The second-order valence-corrected chi connectivity index (χ2v) is 7.99. The number of halogens is 3. The number of nitrogens with zero attached hydrogens (tertiary/aromatic N) is 5. The van der Waals surface area contributed by atoms with Crippen LogP contribution < -0.4 is 0 Å². The maximum Gasteiger partial charge on any atom is 0.490 e. The Bertz CT molecular complexity index is 868. The van der Waals surface area contributed by atoms with E-state index in [-0.39, 0.29) is 0 Å². The van der Waals surface area contributed by atoms with Gasteiger partial charge in [0.15, 0.2) is 0 Å². The van der Waals surface area contributed by atoms with Gasteiger partial charge in [-0.3, -0.25) is 9.80 Å². The van der Waals surface area contributed by atoms with Crippen molar-refractivity contribution in [3.05, 3.63) is 34.7 Å². The van der Waals surface area contributed by atoms with Crippen molar-refractivity contribution in [1.82, 2.24) is 24.5 Å². The van der Waals surface area contributed by atoms with Crippen LogP contribution in [0.15, 0.2) is 10.7 Å². The summed E-state index contributed by atoms with van der Waals surface area (Å²) < 4.78 is 39.4. The minimum Gasteiger partial charge on any atom is -0.475 e. The lowest BCUT2D eigenvalue weighted by Crippen LogP contribution is -2.33. The van der Waals surface area contributed by atoms with Gasteiger partial charge in [-0.05, 0) is 39.8 Å². The fraction of sp³-hybridized carbons (Fsp3) is 0.650. The Hall–Kier alpha value is -2.40. The summed E-state index contributed by atoms with van der Waals surface area (Å²) in [5, 5.41) is 11.2. The van der Waals surface area contributed by atoms with Crippen LogP contribution in [0.4, 0.5) is 13.2 Å². The van der Waals surface area contributed by atoms with Gasteiger partial charge in [0, 0.05) is 37.9 Å². The van der Waals surface area contributed by atoms with E-state index in [9.17, 15) is 13.2 Å². The van der Waals surface area contributed by atoms with Crippen molar-refractivity contribution >= 4 is 5.97 Å². The molecule has 1 N–H and O–H groups in total. The van der Waals surface area contributed by atoms with Crippen LogP contribution in [0.2, 0.25) is 0 Å². The first-order valence-electron chi connectivity index (χ1n) is 10.3. The van der Waals surface area contributed by atoms with Crippen LogP contribution in [-0.2, 0) is 31.0 Å². The number of carboxylic acid groups (broad SMARTS) is 1. The van der Waals surface area contributed by atoms with Gasteiger partial charge >= 0.3 is 12.1 Å². The van der Waals surface area contributed by atoms with Gasteiger partial charge in [-0.25, -0.2) is 9.78 Å². The molecule has 31 heavy (non-hydrogen) atoms. The SMILES string of the molecule is Cc1noc(C)c1CN1CCn2cc(CN3CCCCC3)nc2C1.O=C(O)C(F)(F)F. The molecule has 2 aliphatic rings. The Morgan fingerprint density at radius 1 is 1.10 bits per heavy atom. The fourth-order valence-electron chi connectivity index (χ4n) is 3.87. The van der Waals surface area contributed by atoms with Crippen molar-refractivity contribution in [3.8, 4) is 0 Å². The van der Waals surface area contributed by atoms with Gasteiger partial charge in [0.25, 0.3) is 0 Å². The van der Waals surface area contributed by atoms with E-state index in [0.717, 1.165) is 44.2 Å². The van der Waals surface area contributed by atoms with E-state index in [0.29, 0.717) is 0 Å². The molecule has 0 unspecified atom stereocenters. The van der Waals surface area contributed by atoms with Crippen LogP contribution in [0, 0.1) is 13.8 Å². The van der Waals surface area contributed by atoms with Gasteiger partial charge in [0.1, 0.15) is 11.6 Å². The zero-order chi connectivity index (χ0) is 22.6. The van der Waals surface area contributed by atoms with Gasteiger partial charge in [-0.15, -0.1) is 0 Å². The third kappa shape index (κ3) is 6.30. The summed E-state index contributed by atoms with van der Waals surface area (Å²) in [6, 6.07) is 0. The van der Waals surface area contributed by atoms with E-state index in [4.69, 9.17) is 19.4 Å². The number of likely N-dealkylation sites (tertiary alicyclic amines) is 1. The molecule has 0 atom stereocenters. The molecule has 2 aliphatic heterocycles. The van der Waals surface area contributed by atoms with E-state index in [2.05, 4.69) is 25.7 Å². The van der Waals surface area contributed by atoms with Crippen LogP contribution in [0.25, 0.3) is 0 Å². The van der Waals surface area contributed by atoms with Crippen LogP contribution in [0.3, 0.4) is 0 Å². The summed E-state index contributed by atoms with van der Waals surface area (Å²) in [6.07, 6.45) is 1.22. The Labute approximate surface area is 178 Å². The molecule has 11 heteroatoms. The molecule has 2 aromatic rings. The maximum absolute atomic E-state index is 10.6. The molecule has 2 aromatic heterocycles. The molecule has 0 spiro atoms. The highest BCUT2D eigenvalue weighted by Crippen LogP contribution is 2.20. The monoisotopic (exact) mass is 443 g/mol. The number of piperidine rings is 1. The van der Waals surface area contributed by atoms with Crippen LogP contribution in [0.1, 0.15) is 47.8 Å². The lowest BCUT2D eigenvalue weighted by Gasteiger charge is -2.27. The number of alkyl halides is 3. The minimum absolute atomic E-state index is 0.898. The van der Waals surface area contributed by atoms with Crippen molar-refractivity contribution in [2.75, 3.05) is 19.6 Å². The second-order valence-electron chi connectivity index (χ2n) is 7.99. The largest absolute Gasteiger partial charge is 0.490 e.